The average Bonchev–Trinajstić information content (AvgIpc) is 3.00. The third-order valence-electron chi connectivity index (χ3n) is 4.68. The number of anilines is 1. The molecule has 4 aromatic rings. The van der Waals surface area contributed by atoms with Gasteiger partial charge >= 0.3 is 0 Å². The predicted molar refractivity (Wildman–Crippen MR) is 105 cm³/mol. The molecule has 2 heterocycles. The summed E-state index contributed by atoms with van der Waals surface area (Å²) < 4.78 is 4.51. The van der Waals surface area contributed by atoms with E-state index in [9.17, 15) is 0 Å². The minimum atomic E-state index is -0.105. The van der Waals surface area contributed by atoms with Gasteiger partial charge in [0.15, 0.2) is 6.54 Å². The Bertz CT molecular complexity index is 1080. The van der Waals surface area contributed by atoms with Gasteiger partial charge in [0.05, 0.1) is 5.54 Å². The fourth-order valence-corrected chi connectivity index (χ4v) is 3.63. The molecule has 0 aliphatic carbocycles. The molecule has 2 aromatic heterocycles. The summed E-state index contributed by atoms with van der Waals surface area (Å²) in [6.07, 6.45) is 3.77. The Labute approximate surface area is 153 Å². The summed E-state index contributed by atoms with van der Waals surface area (Å²) >= 11 is 0. The lowest BCUT2D eigenvalue weighted by Gasteiger charge is -2.19. The lowest BCUT2D eigenvalue weighted by Crippen LogP contribution is -2.49. The highest BCUT2D eigenvalue weighted by Gasteiger charge is 2.29. The first-order valence-corrected chi connectivity index (χ1v) is 8.90. The number of fused-ring (bicyclic) bond motifs is 2. The molecule has 2 aromatic carbocycles. The average molecular weight is 346 g/mol. The van der Waals surface area contributed by atoms with Crippen LogP contribution in [0.2, 0.25) is 0 Å². The van der Waals surface area contributed by atoms with E-state index < -0.39 is 0 Å². The van der Waals surface area contributed by atoms with Gasteiger partial charge in [-0.05, 0) is 31.5 Å². The van der Waals surface area contributed by atoms with E-state index in [1.807, 2.05) is 7.05 Å². The molecule has 0 spiro atoms. The number of nitrogens with one attached hydrogen (secondary N) is 1. The predicted octanol–water partition coefficient (Wildman–Crippen LogP) is 3.72. The maximum absolute atomic E-state index is 4.57. The van der Waals surface area contributed by atoms with E-state index in [2.05, 4.69) is 94.1 Å². The maximum Gasteiger partial charge on any atom is 0.209 e. The number of hydrogen-bond donors (Lipinski definition) is 1. The van der Waals surface area contributed by atoms with Crippen molar-refractivity contribution in [2.75, 3.05) is 12.4 Å². The summed E-state index contributed by atoms with van der Waals surface area (Å²) in [4.78, 5) is 8.94. The molecule has 0 fully saturated rings. The molecule has 5 heteroatoms. The highest BCUT2D eigenvalue weighted by Crippen LogP contribution is 2.24. The van der Waals surface area contributed by atoms with E-state index in [0.717, 1.165) is 23.4 Å². The summed E-state index contributed by atoms with van der Waals surface area (Å²) in [6.45, 7) is 7.38. The third kappa shape index (κ3) is 2.69. The molecule has 26 heavy (non-hydrogen) atoms. The summed E-state index contributed by atoms with van der Waals surface area (Å²) in [5.41, 5.74) is 2.13. The molecule has 0 bridgehead atoms. The Morgan fingerprint density at radius 1 is 1.00 bits per heavy atom. The van der Waals surface area contributed by atoms with Crippen LogP contribution in [0, 0.1) is 0 Å². The molecule has 132 valence electrons. The number of nitrogens with zero attached hydrogens (tertiary/aromatic N) is 4. The second-order valence-electron chi connectivity index (χ2n) is 7.56. The fraction of sp³-hybridized carbons (Fsp3) is 0.286. The topological polar surface area (TPSA) is 46.6 Å². The van der Waals surface area contributed by atoms with Crippen LogP contribution < -0.4 is 10.00 Å². The molecule has 0 saturated heterocycles. The maximum atomic E-state index is 4.57. The first-order valence-electron chi connectivity index (χ1n) is 8.90. The van der Waals surface area contributed by atoms with E-state index in [0.29, 0.717) is 0 Å². The summed E-state index contributed by atoms with van der Waals surface area (Å²) in [7, 11) is 1.89. The second-order valence-corrected chi connectivity index (χ2v) is 7.56. The molecular formula is C21H24N5+. The molecule has 0 radical (unpaired) electrons. The minimum absolute atomic E-state index is 0.105. The molecule has 0 aliphatic rings. The second kappa shape index (κ2) is 6.09. The van der Waals surface area contributed by atoms with Crippen LogP contribution in [0.15, 0.2) is 55.0 Å². The van der Waals surface area contributed by atoms with Crippen LogP contribution >= 0.6 is 0 Å². The van der Waals surface area contributed by atoms with Gasteiger partial charge in [-0.25, -0.2) is 9.97 Å². The van der Waals surface area contributed by atoms with Crippen molar-refractivity contribution in [1.29, 1.82) is 0 Å². The smallest absolute Gasteiger partial charge is 0.209 e. The Balaban J connectivity index is 1.93. The standard InChI is InChI=1S/C21H23N5/c1-21(2,3)26-20-18(19(22-4)23-14-24-20)13-25(26)12-16-10-7-9-15-8-5-6-11-17(15)16/h5-11,13-14H,12H2,1-4H3/p+1. The number of benzene rings is 2. The van der Waals surface area contributed by atoms with Gasteiger partial charge in [-0.1, -0.05) is 42.5 Å². The van der Waals surface area contributed by atoms with Crippen molar-refractivity contribution in [3.63, 3.8) is 0 Å². The Hall–Kier alpha value is -2.95. The molecular weight excluding hydrogens is 322 g/mol. The summed E-state index contributed by atoms with van der Waals surface area (Å²) in [5, 5.41) is 6.76. The molecule has 0 unspecified atom stereocenters. The summed E-state index contributed by atoms with van der Waals surface area (Å²) in [5.74, 6) is 0.852. The van der Waals surface area contributed by atoms with Crippen LogP contribution in [0.1, 0.15) is 26.3 Å². The fourth-order valence-electron chi connectivity index (χ4n) is 3.63. The molecule has 0 amide bonds. The monoisotopic (exact) mass is 346 g/mol. The molecule has 0 atom stereocenters. The molecule has 1 N–H and O–H groups in total. The van der Waals surface area contributed by atoms with Crippen molar-refractivity contribution >= 4 is 27.6 Å². The van der Waals surface area contributed by atoms with E-state index in [-0.39, 0.29) is 5.54 Å². The zero-order valence-corrected chi connectivity index (χ0v) is 15.7. The van der Waals surface area contributed by atoms with Crippen LogP contribution in [-0.2, 0) is 12.1 Å². The van der Waals surface area contributed by atoms with E-state index >= 15 is 0 Å². The van der Waals surface area contributed by atoms with Crippen molar-refractivity contribution in [2.24, 2.45) is 0 Å². The van der Waals surface area contributed by atoms with Crippen molar-refractivity contribution in [3.05, 3.63) is 60.6 Å². The lowest BCUT2D eigenvalue weighted by molar-refractivity contribution is -0.771. The van der Waals surface area contributed by atoms with Gasteiger partial charge in [-0.3, -0.25) is 0 Å². The van der Waals surface area contributed by atoms with Gasteiger partial charge in [0.25, 0.3) is 0 Å². The van der Waals surface area contributed by atoms with Crippen molar-refractivity contribution in [2.45, 2.75) is 32.9 Å². The number of rotatable bonds is 3. The van der Waals surface area contributed by atoms with Gasteiger partial charge in [0.1, 0.15) is 17.5 Å². The normalized spacial score (nSPS) is 12.0. The van der Waals surface area contributed by atoms with E-state index in [1.165, 1.54) is 16.3 Å². The Kier molecular flexibility index (Phi) is 3.87. The number of hydrogen-bond acceptors (Lipinski definition) is 3. The van der Waals surface area contributed by atoms with E-state index in [1.54, 1.807) is 6.33 Å². The zero-order chi connectivity index (χ0) is 18.3. The quantitative estimate of drug-likeness (QED) is 0.575. The van der Waals surface area contributed by atoms with Crippen LogP contribution in [0.5, 0.6) is 0 Å². The lowest BCUT2D eigenvalue weighted by atomic mass is 10.0. The SMILES string of the molecule is CNc1ncnc2c1c[n+](Cc1cccc3ccccc13)n2C(C)(C)C. The van der Waals surface area contributed by atoms with Gasteiger partial charge in [0.2, 0.25) is 11.8 Å². The highest BCUT2D eigenvalue weighted by atomic mass is 15.4. The third-order valence-corrected chi connectivity index (χ3v) is 4.68. The van der Waals surface area contributed by atoms with Crippen molar-refractivity contribution in [3.8, 4) is 0 Å². The van der Waals surface area contributed by atoms with Gasteiger partial charge < -0.3 is 5.32 Å². The van der Waals surface area contributed by atoms with Gasteiger partial charge in [-0.15, -0.1) is 9.36 Å². The first kappa shape index (κ1) is 16.5. The van der Waals surface area contributed by atoms with Crippen LogP contribution in [0.25, 0.3) is 21.8 Å². The molecule has 5 nitrogen and oxygen atoms in total. The first-order chi connectivity index (χ1) is 12.5. The number of aromatic nitrogens is 4. The Morgan fingerprint density at radius 3 is 2.54 bits per heavy atom. The molecule has 0 saturated carbocycles. The van der Waals surface area contributed by atoms with Crippen molar-refractivity contribution < 1.29 is 4.68 Å². The van der Waals surface area contributed by atoms with Crippen LogP contribution in [0.3, 0.4) is 0 Å². The minimum Gasteiger partial charge on any atom is -0.372 e. The largest absolute Gasteiger partial charge is 0.372 e. The zero-order valence-electron chi connectivity index (χ0n) is 15.7. The molecule has 0 aliphatic heterocycles. The highest BCUT2D eigenvalue weighted by molar-refractivity contribution is 5.86. The molecule has 4 rings (SSSR count). The van der Waals surface area contributed by atoms with Gasteiger partial charge in [-0.2, -0.15) is 0 Å². The van der Waals surface area contributed by atoms with E-state index in [4.69, 9.17) is 0 Å². The Morgan fingerprint density at radius 2 is 1.77 bits per heavy atom. The van der Waals surface area contributed by atoms with Gasteiger partial charge in [0, 0.05) is 12.6 Å². The summed E-state index contributed by atoms with van der Waals surface area (Å²) in [6, 6.07) is 15.0. The van der Waals surface area contributed by atoms with Crippen molar-refractivity contribution in [1.82, 2.24) is 14.6 Å². The van der Waals surface area contributed by atoms with Crippen LogP contribution in [0.4, 0.5) is 5.82 Å². The van der Waals surface area contributed by atoms with Crippen LogP contribution in [-0.4, -0.2) is 21.7 Å².